The Morgan fingerprint density at radius 3 is 2.07 bits per heavy atom. The first kappa shape index (κ1) is 18.6. The van der Waals surface area contributed by atoms with E-state index in [1.54, 1.807) is 4.90 Å². The molecule has 3 aromatic rings. The number of amides is 1. The summed E-state index contributed by atoms with van der Waals surface area (Å²) in [5.41, 5.74) is 1.21. The van der Waals surface area contributed by atoms with Gasteiger partial charge in [-0.1, -0.05) is 18.2 Å². The highest BCUT2D eigenvalue weighted by Gasteiger charge is 2.34. The van der Waals surface area contributed by atoms with Crippen LogP contribution >= 0.6 is 12.2 Å². The Hall–Kier alpha value is -3.78. The quantitative estimate of drug-likeness (QED) is 0.353. The summed E-state index contributed by atoms with van der Waals surface area (Å²) in [7, 11) is 0. The summed E-state index contributed by atoms with van der Waals surface area (Å²) < 4.78 is 5.78. The van der Waals surface area contributed by atoms with E-state index in [0.29, 0.717) is 16.5 Å². The molecule has 1 fully saturated rings. The zero-order chi connectivity index (χ0) is 20.4. The van der Waals surface area contributed by atoms with Crippen molar-refractivity contribution >= 4 is 40.3 Å². The molecule has 0 atom stereocenters. The van der Waals surface area contributed by atoms with E-state index in [1.165, 1.54) is 29.2 Å². The van der Waals surface area contributed by atoms with Crippen LogP contribution in [0.25, 0.3) is 0 Å². The lowest BCUT2D eigenvalue weighted by Gasteiger charge is -2.20. The van der Waals surface area contributed by atoms with Gasteiger partial charge in [-0.15, -0.1) is 0 Å². The Morgan fingerprint density at radius 1 is 0.862 bits per heavy atom. The van der Waals surface area contributed by atoms with E-state index in [2.05, 4.69) is 0 Å². The summed E-state index contributed by atoms with van der Waals surface area (Å²) in [6, 6.07) is 22.4. The largest absolute Gasteiger partial charge is 0.457 e. The van der Waals surface area contributed by atoms with Gasteiger partial charge < -0.3 is 9.64 Å². The molecule has 144 valence electrons. The second-order valence-corrected chi connectivity index (χ2v) is 6.65. The Morgan fingerprint density at radius 2 is 1.45 bits per heavy atom. The molecule has 29 heavy (non-hydrogen) atoms. The average molecular weight is 405 g/mol. The van der Waals surface area contributed by atoms with Crippen LogP contribution in [0.5, 0.6) is 11.5 Å². The number of ether oxygens (including phenoxy) is 1. The van der Waals surface area contributed by atoms with E-state index >= 15 is 0 Å². The Bertz CT molecular complexity index is 1070. The fourth-order valence-electron chi connectivity index (χ4n) is 3.00. The summed E-state index contributed by atoms with van der Waals surface area (Å²) in [6.07, 6.45) is 0. The number of rotatable bonds is 5. The standard InChI is InChI=1S/C21H15N3O4S/c25-20-14-22(21(29)23(20)16-6-8-17(9-7-16)24(26)27)15-10-12-19(13-11-15)28-18-4-2-1-3-5-18/h1-13H,14H2. The van der Waals surface area contributed by atoms with Gasteiger partial charge in [0.25, 0.3) is 11.6 Å². The molecule has 1 aliphatic heterocycles. The van der Waals surface area contributed by atoms with Crippen molar-refractivity contribution in [2.24, 2.45) is 0 Å². The fraction of sp³-hybridized carbons (Fsp3) is 0.0476. The molecule has 0 bridgehead atoms. The van der Waals surface area contributed by atoms with E-state index in [9.17, 15) is 14.9 Å². The number of hydrogen-bond donors (Lipinski definition) is 0. The van der Waals surface area contributed by atoms with Crippen LogP contribution in [-0.2, 0) is 4.79 Å². The lowest BCUT2D eigenvalue weighted by atomic mass is 10.2. The minimum absolute atomic E-state index is 0.0443. The first-order valence-electron chi connectivity index (χ1n) is 8.75. The van der Waals surface area contributed by atoms with Crippen LogP contribution in [0.15, 0.2) is 78.9 Å². The number of anilines is 2. The SMILES string of the molecule is O=C1CN(c2ccc(Oc3ccccc3)cc2)C(=S)N1c1ccc([N+](=O)[O-])cc1. The number of nitrogens with zero attached hydrogens (tertiary/aromatic N) is 3. The molecule has 1 amide bonds. The number of carbonyl (C=O) groups excluding carboxylic acids is 1. The van der Waals surface area contributed by atoms with Gasteiger partial charge in [-0.25, -0.2) is 0 Å². The third kappa shape index (κ3) is 3.78. The molecule has 0 aromatic heterocycles. The molecule has 1 aliphatic rings. The van der Waals surface area contributed by atoms with Gasteiger partial charge in [-0.3, -0.25) is 19.8 Å². The Balaban J connectivity index is 1.51. The van der Waals surface area contributed by atoms with Gasteiger partial charge in [-0.05, 0) is 60.7 Å². The molecule has 1 heterocycles. The summed E-state index contributed by atoms with van der Waals surface area (Å²) >= 11 is 5.49. The minimum Gasteiger partial charge on any atom is -0.457 e. The molecule has 0 spiro atoms. The zero-order valence-electron chi connectivity index (χ0n) is 15.1. The highest BCUT2D eigenvalue weighted by atomic mass is 32.1. The molecule has 0 saturated carbocycles. The topological polar surface area (TPSA) is 75.9 Å². The van der Waals surface area contributed by atoms with E-state index in [0.717, 1.165) is 11.4 Å². The molecule has 7 nitrogen and oxygen atoms in total. The summed E-state index contributed by atoms with van der Waals surface area (Å²) in [5.74, 6) is 1.20. The average Bonchev–Trinajstić information content (AvgIpc) is 3.03. The van der Waals surface area contributed by atoms with Crippen molar-refractivity contribution in [2.75, 3.05) is 16.3 Å². The monoisotopic (exact) mass is 405 g/mol. The van der Waals surface area contributed by atoms with Crippen LogP contribution in [0.1, 0.15) is 0 Å². The number of non-ortho nitro benzene ring substituents is 1. The van der Waals surface area contributed by atoms with Crippen molar-refractivity contribution in [3.8, 4) is 11.5 Å². The van der Waals surface area contributed by atoms with Crippen molar-refractivity contribution in [2.45, 2.75) is 0 Å². The third-order valence-corrected chi connectivity index (χ3v) is 4.81. The maximum Gasteiger partial charge on any atom is 0.269 e. The number of para-hydroxylation sites is 1. The highest BCUT2D eigenvalue weighted by Crippen LogP contribution is 2.29. The van der Waals surface area contributed by atoms with Gasteiger partial charge in [0, 0.05) is 17.8 Å². The van der Waals surface area contributed by atoms with E-state index in [-0.39, 0.29) is 18.1 Å². The second kappa shape index (κ2) is 7.69. The predicted octanol–water partition coefficient (Wildman–Crippen LogP) is 4.53. The van der Waals surface area contributed by atoms with Crippen molar-refractivity contribution in [1.29, 1.82) is 0 Å². The lowest BCUT2D eigenvalue weighted by molar-refractivity contribution is -0.384. The Labute approximate surface area is 171 Å². The van der Waals surface area contributed by atoms with Crippen LogP contribution in [0.2, 0.25) is 0 Å². The van der Waals surface area contributed by atoms with Crippen molar-refractivity contribution in [3.63, 3.8) is 0 Å². The molecule has 0 radical (unpaired) electrons. The normalized spacial score (nSPS) is 13.7. The molecule has 0 unspecified atom stereocenters. The van der Waals surface area contributed by atoms with E-state index < -0.39 is 4.92 Å². The second-order valence-electron chi connectivity index (χ2n) is 6.28. The lowest BCUT2D eigenvalue weighted by Crippen LogP contribution is -2.32. The van der Waals surface area contributed by atoms with Crippen LogP contribution in [0, 0.1) is 10.1 Å². The van der Waals surface area contributed by atoms with Crippen LogP contribution in [0.4, 0.5) is 17.1 Å². The molecular weight excluding hydrogens is 390 g/mol. The summed E-state index contributed by atoms with van der Waals surface area (Å²) in [4.78, 5) is 26.0. The molecule has 1 saturated heterocycles. The smallest absolute Gasteiger partial charge is 0.269 e. The molecule has 3 aromatic carbocycles. The first-order chi connectivity index (χ1) is 14.0. The van der Waals surface area contributed by atoms with Gasteiger partial charge in [0.2, 0.25) is 0 Å². The fourth-order valence-corrected chi connectivity index (χ4v) is 3.38. The minimum atomic E-state index is -0.487. The summed E-state index contributed by atoms with van der Waals surface area (Å²) in [6.45, 7) is 0.0920. The van der Waals surface area contributed by atoms with Gasteiger partial charge in [0.15, 0.2) is 5.11 Å². The number of nitro benzene ring substituents is 1. The maximum absolute atomic E-state index is 12.5. The number of benzene rings is 3. The third-order valence-electron chi connectivity index (χ3n) is 4.41. The Kier molecular flexibility index (Phi) is 4.92. The highest BCUT2D eigenvalue weighted by molar-refractivity contribution is 7.81. The van der Waals surface area contributed by atoms with Crippen molar-refractivity contribution in [3.05, 3.63) is 89.0 Å². The van der Waals surface area contributed by atoms with Crippen LogP contribution in [-0.4, -0.2) is 22.5 Å². The van der Waals surface area contributed by atoms with Gasteiger partial charge >= 0.3 is 0 Å². The van der Waals surface area contributed by atoms with Crippen molar-refractivity contribution < 1.29 is 14.5 Å². The van der Waals surface area contributed by atoms with Crippen LogP contribution in [0.3, 0.4) is 0 Å². The van der Waals surface area contributed by atoms with Gasteiger partial charge in [0.1, 0.15) is 18.0 Å². The van der Waals surface area contributed by atoms with Gasteiger partial charge in [0.05, 0.1) is 10.6 Å². The zero-order valence-corrected chi connectivity index (χ0v) is 15.9. The van der Waals surface area contributed by atoms with E-state index in [1.807, 2.05) is 54.6 Å². The van der Waals surface area contributed by atoms with Crippen molar-refractivity contribution in [1.82, 2.24) is 0 Å². The first-order valence-corrected chi connectivity index (χ1v) is 9.15. The summed E-state index contributed by atoms with van der Waals surface area (Å²) in [5, 5.41) is 11.1. The number of carbonyl (C=O) groups is 1. The number of nitro groups is 1. The van der Waals surface area contributed by atoms with E-state index in [4.69, 9.17) is 17.0 Å². The molecular formula is C21H15N3O4S. The number of thiocarbonyl (C=S) groups is 1. The van der Waals surface area contributed by atoms with Crippen LogP contribution < -0.4 is 14.5 Å². The van der Waals surface area contributed by atoms with Gasteiger partial charge in [-0.2, -0.15) is 0 Å². The number of hydrogen-bond acceptors (Lipinski definition) is 5. The predicted molar refractivity (Wildman–Crippen MR) is 113 cm³/mol. The molecule has 0 aliphatic carbocycles. The molecule has 4 rings (SSSR count). The maximum atomic E-state index is 12.5. The molecule has 0 N–H and O–H groups in total. The molecule has 8 heteroatoms.